The van der Waals surface area contributed by atoms with Gasteiger partial charge in [0.1, 0.15) is 0 Å². The maximum Gasteiger partial charge on any atom is 0.269 e. The highest BCUT2D eigenvalue weighted by Gasteiger charge is 2.06. The molecule has 1 amide bonds. The van der Waals surface area contributed by atoms with Crippen LogP contribution in [0.2, 0.25) is 0 Å². The van der Waals surface area contributed by atoms with Gasteiger partial charge < -0.3 is 0 Å². The number of carbonyl (C=O) groups excluding carboxylic acids is 1. The van der Waals surface area contributed by atoms with E-state index in [0.29, 0.717) is 12.8 Å². The van der Waals surface area contributed by atoms with Gasteiger partial charge in [-0.2, -0.15) is 0 Å². The second-order valence-electron chi connectivity index (χ2n) is 4.36. The summed E-state index contributed by atoms with van der Waals surface area (Å²) in [5, 5.41) is 10.5. The summed E-state index contributed by atoms with van der Waals surface area (Å²) < 4.78 is 2.73. The van der Waals surface area contributed by atoms with Crippen LogP contribution in [0.4, 0.5) is 5.69 Å². The van der Waals surface area contributed by atoms with Crippen LogP contribution in [0.15, 0.2) is 59.5 Å². The second kappa shape index (κ2) is 7.44. The molecule has 0 atom stereocenters. The maximum atomic E-state index is 11.7. The monoisotopic (exact) mass is 302 g/mol. The van der Waals surface area contributed by atoms with Crippen molar-refractivity contribution in [2.24, 2.45) is 0 Å². The lowest BCUT2D eigenvalue weighted by Gasteiger charge is -2.04. The van der Waals surface area contributed by atoms with Crippen LogP contribution in [-0.4, -0.2) is 10.8 Å². The third-order valence-electron chi connectivity index (χ3n) is 2.81. The fraction of sp³-hybridized carbons (Fsp3) is 0.133. The molecule has 21 heavy (non-hydrogen) atoms. The topological polar surface area (TPSA) is 72.2 Å². The van der Waals surface area contributed by atoms with Crippen molar-refractivity contribution in [3.05, 3.63) is 70.3 Å². The summed E-state index contributed by atoms with van der Waals surface area (Å²) in [6, 6.07) is 15.8. The van der Waals surface area contributed by atoms with Gasteiger partial charge in [0.2, 0.25) is 5.91 Å². The van der Waals surface area contributed by atoms with E-state index in [-0.39, 0.29) is 11.6 Å². The van der Waals surface area contributed by atoms with Crippen molar-refractivity contribution in [1.29, 1.82) is 0 Å². The number of carbonyl (C=O) groups is 1. The largest absolute Gasteiger partial charge is 0.296 e. The Morgan fingerprint density at radius 1 is 1.10 bits per heavy atom. The van der Waals surface area contributed by atoms with Gasteiger partial charge in [-0.1, -0.05) is 30.3 Å². The molecule has 0 aliphatic carbocycles. The summed E-state index contributed by atoms with van der Waals surface area (Å²) in [6.45, 7) is 0. The molecule has 5 nitrogen and oxygen atoms in total. The normalized spacial score (nSPS) is 10.1. The zero-order valence-electron chi connectivity index (χ0n) is 11.2. The minimum absolute atomic E-state index is 0.0368. The van der Waals surface area contributed by atoms with E-state index in [9.17, 15) is 14.9 Å². The van der Waals surface area contributed by atoms with Gasteiger partial charge in [0.15, 0.2) is 0 Å². The first-order chi connectivity index (χ1) is 10.1. The van der Waals surface area contributed by atoms with Crippen molar-refractivity contribution in [2.75, 3.05) is 0 Å². The Bertz CT molecular complexity index is 615. The zero-order chi connectivity index (χ0) is 15.1. The highest BCUT2D eigenvalue weighted by molar-refractivity contribution is 7.98. The molecule has 0 radical (unpaired) electrons. The van der Waals surface area contributed by atoms with Gasteiger partial charge >= 0.3 is 0 Å². The predicted molar refractivity (Wildman–Crippen MR) is 81.9 cm³/mol. The lowest BCUT2D eigenvalue weighted by atomic mass is 10.1. The first kappa shape index (κ1) is 15.1. The van der Waals surface area contributed by atoms with Crippen LogP contribution in [0.1, 0.15) is 12.0 Å². The smallest absolute Gasteiger partial charge is 0.269 e. The number of hydrogen-bond donors (Lipinski definition) is 1. The van der Waals surface area contributed by atoms with Crippen LogP contribution >= 0.6 is 11.9 Å². The standard InChI is InChI=1S/C15H14N2O3S/c18-15(11-6-12-4-2-1-3-5-12)16-21-14-9-7-13(8-10-14)17(19)20/h1-5,7-10H,6,11H2,(H,16,18). The predicted octanol–water partition coefficient (Wildman–Crippen LogP) is 3.35. The number of nitro groups is 1. The van der Waals surface area contributed by atoms with E-state index < -0.39 is 4.92 Å². The number of nitrogens with zero attached hydrogens (tertiary/aromatic N) is 1. The Morgan fingerprint density at radius 3 is 2.38 bits per heavy atom. The minimum atomic E-state index is -0.452. The van der Waals surface area contributed by atoms with E-state index >= 15 is 0 Å². The van der Waals surface area contributed by atoms with Crippen molar-refractivity contribution < 1.29 is 9.72 Å². The summed E-state index contributed by atoms with van der Waals surface area (Å²) in [7, 11) is 0. The van der Waals surface area contributed by atoms with Gasteiger partial charge in [0.05, 0.1) is 4.92 Å². The lowest BCUT2D eigenvalue weighted by molar-refractivity contribution is -0.384. The van der Waals surface area contributed by atoms with Crippen LogP contribution in [0.25, 0.3) is 0 Å². The van der Waals surface area contributed by atoms with Crippen molar-refractivity contribution in [3.8, 4) is 0 Å². The first-order valence-electron chi connectivity index (χ1n) is 6.39. The van der Waals surface area contributed by atoms with Crippen molar-refractivity contribution in [3.63, 3.8) is 0 Å². The van der Waals surface area contributed by atoms with Gasteiger partial charge in [0.25, 0.3) is 5.69 Å². The zero-order valence-corrected chi connectivity index (χ0v) is 12.0. The minimum Gasteiger partial charge on any atom is -0.296 e. The molecule has 2 aromatic carbocycles. The molecular weight excluding hydrogens is 288 g/mol. The van der Waals surface area contributed by atoms with Crippen LogP contribution in [0, 0.1) is 10.1 Å². The molecule has 0 aliphatic rings. The van der Waals surface area contributed by atoms with Crippen LogP contribution < -0.4 is 4.72 Å². The number of hydrogen-bond acceptors (Lipinski definition) is 4. The fourth-order valence-corrected chi connectivity index (χ4v) is 2.31. The second-order valence-corrected chi connectivity index (χ2v) is 5.24. The average molecular weight is 302 g/mol. The number of benzene rings is 2. The molecule has 1 N–H and O–H groups in total. The van der Waals surface area contributed by atoms with Crippen molar-refractivity contribution >= 4 is 23.5 Å². The number of rotatable bonds is 6. The maximum absolute atomic E-state index is 11.7. The van der Waals surface area contributed by atoms with Crippen molar-refractivity contribution in [2.45, 2.75) is 17.7 Å². The number of nitro benzene ring substituents is 1. The molecule has 0 aliphatic heterocycles. The van der Waals surface area contributed by atoms with Gasteiger partial charge in [0, 0.05) is 23.4 Å². The SMILES string of the molecule is O=C(CCc1ccccc1)NSc1ccc([N+](=O)[O-])cc1. The highest BCUT2D eigenvalue weighted by atomic mass is 32.2. The van der Waals surface area contributed by atoms with E-state index in [2.05, 4.69) is 4.72 Å². The van der Waals surface area contributed by atoms with E-state index in [1.807, 2.05) is 30.3 Å². The quantitative estimate of drug-likeness (QED) is 0.504. The van der Waals surface area contributed by atoms with Gasteiger partial charge in [-0.25, -0.2) is 0 Å². The molecule has 0 bridgehead atoms. The molecule has 0 heterocycles. The third kappa shape index (κ3) is 4.92. The summed E-state index contributed by atoms with van der Waals surface area (Å²) in [4.78, 5) is 22.6. The number of nitrogens with one attached hydrogen (secondary N) is 1. The number of non-ortho nitro benzene ring substituents is 1. The van der Waals surface area contributed by atoms with Gasteiger partial charge in [-0.05, 0) is 36.1 Å². The van der Waals surface area contributed by atoms with E-state index in [4.69, 9.17) is 0 Å². The van der Waals surface area contributed by atoms with Crippen LogP contribution in [0.5, 0.6) is 0 Å². The molecule has 0 aromatic heterocycles. The van der Waals surface area contributed by atoms with Crippen LogP contribution in [0.3, 0.4) is 0 Å². The summed E-state index contributed by atoms with van der Waals surface area (Å²) in [5.41, 5.74) is 1.16. The molecule has 0 unspecified atom stereocenters. The van der Waals surface area contributed by atoms with E-state index in [1.165, 1.54) is 12.1 Å². The molecule has 2 aromatic rings. The average Bonchev–Trinajstić information content (AvgIpc) is 2.52. The Labute approximate surface area is 126 Å². The van der Waals surface area contributed by atoms with Gasteiger partial charge in [-0.15, -0.1) is 0 Å². The molecule has 0 saturated carbocycles. The summed E-state index contributed by atoms with van der Waals surface area (Å²) >= 11 is 1.16. The summed E-state index contributed by atoms with van der Waals surface area (Å²) in [5.74, 6) is -0.0674. The van der Waals surface area contributed by atoms with Gasteiger partial charge in [-0.3, -0.25) is 19.6 Å². The molecule has 6 heteroatoms. The molecule has 0 spiro atoms. The Hall–Kier alpha value is -2.34. The van der Waals surface area contributed by atoms with Crippen molar-refractivity contribution in [1.82, 2.24) is 4.72 Å². The fourth-order valence-electron chi connectivity index (χ4n) is 1.71. The Kier molecular flexibility index (Phi) is 5.34. The molecule has 108 valence electrons. The number of aryl methyl sites for hydroxylation is 1. The molecule has 0 saturated heterocycles. The van der Waals surface area contributed by atoms with Crippen LogP contribution in [-0.2, 0) is 11.2 Å². The third-order valence-corrected chi connectivity index (χ3v) is 3.65. The molecule has 2 rings (SSSR count). The molecular formula is C15H14N2O3S. The highest BCUT2D eigenvalue weighted by Crippen LogP contribution is 2.19. The Balaban J connectivity index is 1.77. The first-order valence-corrected chi connectivity index (χ1v) is 7.21. The molecule has 0 fully saturated rings. The Morgan fingerprint density at radius 2 is 1.76 bits per heavy atom. The van der Waals surface area contributed by atoms with E-state index in [0.717, 1.165) is 22.4 Å². The van der Waals surface area contributed by atoms with E-state index in [1.54, 1.807) is 12.1 Å². The lowest BCUT2D eigenvalue weighted by Crippen LogP contribution is -2.15. The number of amides is 1. The summed E-state index contributed by atoms with van der Waals surface area (Å²) in [6.07, 6.45) is 1.09.